The van der Waals surface area contributed by atoms with Crippen LogP contribution in [0.15, 0.2) is 30.3 Å². The van der Waals surface area contributed by atoms with E-state index in [0.29, 0.717) is 0 Å². The van der Waals surface area contributed by atoms with Gasteiger partial charge in [0, 0.05) is 6.04 Å². The maximum absolute atomic E-state index is 11.8. The topological polar surface area (TPSA) is 64.6 Å². The van der Waals surface area contributed by atoms with Crippen LogP contribution in [0.2, 0.25) is 0 Å². The minimum Gasteiger partial charge on any atom is -0.384 e. The largest absolute Gasteiger partial charge is 0.384 e. The molecule has 0 saturated heterocycles. The van der Waals surface area contributed by atoms with Gasteiger partial charge >= 0.3 is 6.03 Å². The first kappa shape index (κ1) is 17.5. The zero-order valence-corrected chi connectivity index (χ0v) is 13.4. The lowest BCUT2D eigenvalue weighted by Crippen LogP contribution is -2.46. The van der Waals surface area contributed by atoms with Crippen molar-refractivity contribution in [1.82, 2.24) is 15.5 Å². The summed E-state index contributed by atoms with van der Waals surface area (Å²) in [5, 5.41) is 16.0. The number of carbonyl (C=O) groups is 1. The molecule has 2 amide bonds. The van der Waals surface area contributed by atoms with E-state index in [2.05, 4.69) is 15.5 Å². The Morgan fingerprint density at radius 2 is 1.95 bits per heavy atom. The zero-order chi connectivity index (χ0) is 15.9. The summed E-state index contributed by atoms with van der Waals surface area (Å²) in [5.74, 6) is 0. The molecule has 0 spiro atoms. The van der Waals surface area contributed by atoms with Crippen molar-refractivity contribution in [3.63, 3.8) is 0 Å². The van der Waals surface area contributed by atoms with Gasteiger partial charge < -0.3 is 20.6 Å². The summed E-state index contributed by atoms with van der Waals surface area (Å²) in [4.78, 5) is 13.9. The fraction of sp³-hybridized carbons (Fsp3) is 0.562. The second kappa shape index (κ2) is 8.00. The van der Waals surface area contributed by atoms with E-state index in [1.54, 1.807) is 6.92 Å². The average Bonchev–Trinajstić information content (AvgIpc) is 2.44. The molecule has 21 heavy (non-hydrogen) atoms. The Bertz CT molecular complexity index is 432. The second-order valence-corrected chi connectivity index (χ2v) is 5.96. The molecule has 5 nitrogen and oxygen atoms in total. The van der Waals surface area contributed by atoms with Crippen LogP contribution < -0.4 is 10.6 Å². The Morgan fingerprint density at radius 1 is 1.33 bits per heavy atom. The summed E-state index contributed by atoms with van der Waals surface area (Å²) in [6.45, 7) is 4.75. The summed E-state index contributed by atoms with van der Waals surface area (Å²) in [6, 6.07) is 9.16. The van der Waals surface area contributed by atoms with Crippen LogP contribution in [0.1, 0.15) is 25.8 Å². The molecule has 118 valence electrons. The Balaban J connectivity index is 2.38. The molecule has 0 fully saturated rings. The molecule has 2 unspecified atom stereocenters. The molecule has 1 rings (SSSR count). The lowest BCUT2D eigenvalue weighted by atomic mass is 9.96. The molecule has 0 aliphatic heterocycles. The first-order valence-electron chi connectivity index (χ1n) is 7.28. The summed E-state index contributed by atoms with van der Waals surface area (Å²) >= 11 is 0. The van der Waals surface area contributed by atoms with Gasteiger partial charge in [-0.1, -0.05) is 30.3 Å². The summed E-state index contributed by atoms with van der Waals surface area (Å²) in [6.07, 6.45) is 0.884. The number of urea groups is 1. The number of aliphatic hydroxyl groups is 1. The first-order valence-corrected chi connectivity index (χ1v) is 7.28. The van der Waals surface area contributed by atoms with Crippen molar-refractivity contribution in [2.45, 2.75) is 31.9 Å². The van der Waals surface area contributed by atoms with Gasteiger partial charge in [-0.3, -0.25) is 0 Å². The van der Waals surface area contributed by atoms with E-state index < -0.39 is 5.60 Å². The fourth-order valence-electron chi connectivity index (χ4n) is 1.95. The Kier molecular flexibility index (Phi) is 6.65. The van der Waals surface area contributed by atoms with Crippen LogP contribution in [0.5, 0.6) is 0 Å². The van der Waals surface area contributed by atoms with Crippen molar-refractivity contribution >= 4 is 6.03 Å². The number of rotatable bonds is 7. The van der Waals surface area contributed by atoms with Gasteiger partial charge in [0.15, 0.2) is 0 Å². The summed E-state index contributed by atoms with van der Waals surface area (Å²) in [7, 11) is 4.01. The number of hydrogen-bond acceptors (Lipinski definition) is 3. The molecule has 1 aromatic rings. The number of amides is 2. The van der Waals surface area contributed by atoms with E-state index in [-0.39, 0.29) is 18.6 Å². The Hall–Kier alpha value is -1.59. The van der Waals surface area contributed by atoms with E-state index in [1.165, 1.54) is 0 Å². The van der Waals surface area contributed by atoms with Gasteiger partial charge in [-0.15, -0.1) is 0 Å². The molecular formula is C16H27N3O2. The van der Waals surface area contributed by atoms with Gasteiger partial charge in [-0.05, 0) is 46.5 Å². The van der Waals surface area contributed by atoms with E-state index in [9.17, 15) is 9.90 Å². The molecule has 2 atom stereocenters. The monoisotopic (exact) mass is 293 g/mol. The van der Waals surface area contributed by atoms with E-state index in [4.69, 9.17) is 0 Å². The molecule has 0 radical (unpaired) electrons. The lowest BCUT2D eigenvalue weighted by molar-refractivity contribution is 0.0592. The van der Waals surface area contributed by atoms with Gasteiger partial charge in [-0.2, -0.15) is 0 Å². The number of hydrogen-bond donors (Lipinski definition) is 3. The van der Waals surface area contributed by atoms with Gasteiger partial charge in [-0.25, -0.2) is 4.79 Å². The second-order valence-electron chi connectivity index (χ2n) is 5.96. The maximum Gasteiger partial charge on any atom is 0.315 e. The third-order valence-electron chi connectivity index (χ3n) is 3.38. The number of nitrogens with zero attached hydrogens (tertiary/aromatic N) is 1. The van der Waals surface area contributed by atoms with Crippen LogP contribution in [0.3, 0.4) is 0 Å². The fourth-order valence-corrected chi connectivity index (χ4v) is 1.95. The molecule has 0 aromatic heterocycles. The Morgan fingerprint density at radius 3 is 2.52 bits per heavy atom. The molecule has 5 heteroatoms. The predicted molar refractivity (Wildman–Crippen MR) is 85.2 cm³/mol. The van der Waals surface area contributed by atoms with E-state index in [0.717, 1.165) is 18.5 Å². The molecule has 0 bridgehead atoms. The van der Waals surface area contributed by atoms with Crippen molar-refractivity contribution in [2.24, 2.45) is 0 Å². The van der Waals surface area contributed by atoms with Crippen LogP contribution in [0.4, 0.5) is 4.79 Å². The highest BCUT2D eigenvalue weighted by atomic mass is 16.3. The van der Waals surface area contributed by atoms with E-state index >= 15 is 0 Å². The van der Waals surface area contributed by atoms with Crippen molar-refractivity contribution in [3.05, 3.63) is 35.9 Å². The lowest BCUT2D eigenvalue weighted by Gasteiger charge is -2.25. The van der Waals surface area contributed by atoms with Crippen LogP contribution in [0.25, 0.3) is 0 Å². The molecular weight excluding hydrogens is 266 g/mol. The zero-order valence-electron chi connectivity index (χ0n) is 13.4. The molecule has 0 aliphatic rings. The maximum atomic E-state index is 11.8. The van der Waals surface area contributed by atoms with Gasteiger partial charge in [0.1, 0.15) is 5.60 Å². The quantitative estimate of drug-likeness (QED) is 0.714. The third kappa shape index (κ3) is 6.60. The minimum absolute atomic E-state index is 0.0917. The Labute approximate surface area is 127 Å². The van der Waals surface area contributed by atoms with Gasteiger partial charge in [0.25, 0.3) is 0 Å². The van der Waals surface area contributed by atoms with Crippen molar-refractivity contribution in [2.75, 3.05) is 27.2 Å². The summed E-state index contributed by atoms with van der Waals surface area (Å²) in [5.41, 5.74) is -0.295. The third-order valence-corrected chi connectivity index (χ3v) is 3.38. The van der Waals surface area contributed by atoms with Crippen LogP contribution >= 0.6 is 0 Å². The molecule has 0 saturated carbocycles. The highest BCUT2D eigenvalue weighted by molar-refractivity contribution is 5.74. The number of benzene rings is 1. The average molecular weight is 293 g/mol. The van der Waals surface area contributed by atoms with Crippen LogP contribution in [0, 0.1) is 0 Å². The highest BCUT2D eigenvalue weighted by Crippen LogP contribution is 2.18. The number of nitrogens with one attached hydrogen (secondary N) is 2. The highest BCUT2D eigenvalue weighted by Gasteiger charge is 2.23. The predicted octanol–water partition coefficient (Wildman–Crippen LogP) is 1.53. The van der Waals surface area contributed by atoms with Crippen molar-refractivity contribution in [3.8, 4) is 0 Å². The van der Waals surface area contributed by atoms with E-state index in [1.807, 2.05) is 51.4 Å². The molecule has 3 N–H and O–H groups in total. The van der Waals surface area contributed by atoms with Crippen LogP contribution in [-0.4, -0.2) is 49.3 Å². The standard InChI is InChI=1S/C16H27N3O2/c1-13(10-11-19(3)4)18-15(20)17-12-16(2,21)14-8-6-5-7-9-14/h5-9,13,21H,10-12H2,1-4H3,(H2,17,18,20). The SMILES string of the molecule is CC(CCN(C)C)NC(=O)NCC(C)(O)c1ccccc1. The van der Waals surface area contributed by atoms with Gasteiger partial charge in [0.05, 0.1) is 6.54 Å². The number of carbonyl (C=O) groups excluding carboxylic acids is 1. The molecule has 0 aliphatic carbocycles. The van der Waals surface area contributed by atoms with Crippen molar-refractivity contribution < 1.29 is 9.90 Å². The van der Waals surface area contributed by atoms with Crippen molar-refractivity contribution in [1.29, 1.82) is 0 Å². The smallest absolute Gasteiger partial charge is 0.315 e. The molecule has 1 aromatic carbocycles. The first-order chi connectivity index (χ1) is 9.81. The van der Waals surface area contributed by atoms with Crippen LogP contribution in [-0.2, 0) is 5.60 Å². The normalized spacial score (nSPS) is 15.3. The summed E-state index contributed by atoms with van der Waals surface area (Å²) < 4.78 is 0. The van der Waals surface area contributed by atoms with Gasteiger partial charge in [0.2, 0.25) is 0 Å². The molecule has 0 heterocycles. The minimum atomic E-state index is -1.08.